The molecule has 0 radical (unpaired) electrons. The molecule has 3 nitrogen and oxygen atoms in total. The second kappa shape index (κ2) is 5.89. The minimum Gasteiger partial charge on any atom is -0.396 e. The van der Waals surface area contributed by atoms with Crippen molar-refractivity contribution in [3.8, 4) is 0 Å². The van der Waals surface area contributed by atoms with Crippen LogP contribution in [0.5, 0.6) is 0 Å². The summed E-state index contributed by atoms with van der Waals surface area (Å²) in [6, 6.07) is 1.25. The zero-order valence-corrected chi connectivity index (χ0v) is 12.1. The molecule has 3 heteroatoms. The van der Waals surface area contributed by atoms with Gasteiger partial charge in [-0.2, -0.15) is 0 Å². The van der Waals surface area contributed by atoms with E-state index in [1.54, 1.807) is 0 Å². The second-order valence-electron chi connectivity index (χ2n) is 6.62. The summed E-state index contributed by atoms with van der Waals surface area (Å²) in [5.74, 6) is 0.550. The first-order valence-electron chi connectivity index (χ1n) is 7.56. The normalized spacial score (nSPS) is 39.3. The fraction of sp³-hybridized carbons (Fsp3) is 1.00. The summed E-state index contributed by atoms with van der Waals surface area (Å²) in [6.45, 7) is 7.89. The van der Waals surface area contributed by atoms with E-state index < -0.39 is 0 Å². The van der Waals surface area contributed by atoms with Gasteiger partial charge in [0, 0.05) is 30.7 Å². The molecule has 2 rings (SSSR count). The number of ether oxygens (including phenoxy) is 1. The molecule has 0 heterocycles. The number of aliphatic hydroxyl groups excluding tert-OH is 1. The first-order chi connectivity index (χ1) is 8.57. The SMILES string of the molecule is CCOC1CC(NC2CCC(CO)CC2)C1(C)C. The Bertz CT molecular complexity index is 259. The molecule has 0 aromatic carbocycles. The lowest BCUT2D eigenvalue weighted by Crippen LogP contribution is -2.63. The van der Waals surface area contributed by atoms with Gasteiger partial charge in [0.05, 0.1) is 6.10 Å². The van der Waals surface area contributed by atoms with Crippen molar-refractivity contribution in [2.75, 3.05) is 13.2 Å². The number of aliphatic hydroxyl groups is 1. The topological polar surface area (TPSA) is 41.5 Å². The molecule has 2 atom stereocenters. The highest BCUT2D eigenvalue weighted by Gasteiger charge is 2.49. The highest BCUT2D eigenvalue weighted by molar-refractivity contribution is 5.03. The molecule has 2 aliphatic carbocycles. The molecule has 2 aliphatic rings. The fourth-order valence-electron chi connectivity index (χ4n) is 3.45. The van der Waals surface area contributed by atoms with Crippen molar-refractivity contribution in [1.82, 2.24) is 5.32 Å². The molecule has 2 saturated carbocycles. The number of nitrogens with one attached hydrogen (secondary N) is 1. The van der Waals surface area contributed by atoms with Gasteiger partial charge in [0.2, 0.25) is 0 Å². The first-order valence-corrected chi connectivity index (χ1v) is 7.56. The lowest BCUT2D eigenvalue weighted by atomic mass is 9.64. The van der Waals surface area contributed by atoms with Crippen LogP contribution in [0.1, 0.15) is 52.9 Å². The molecule has 0 aromatic rings. The Labute approximate surface area is 111 Å². The van der Waals surface area contributed by atoms with E-state index in [9.17, 15) is 0 Å². The van der Waals surface area contributed by atoms with Gasteiger partial charge in [-0.05, 0) is 44.9 Å². The summed E-state index contributed by atoms with van der Waals surface area (Å²) >= 11 is 0. The van der Waals surface area contributed by atoms with Gasteiger partial charge < -0.3 is 15.2 Å². The van der Waals surface area contributed by atoms with Crippen LogP contribution in [0.2, 0.25) is 0 Å². The van der Waals surface area contributed by atoms with Crippen LogP contribution in [-0.4, -0.2) is 36.5 Å². The summed E-state index contributed by atoms with van der Waals surface area (Å²) in [7, 11) is 0. The monoisotopic (exact) mass is 255 g/mol. The molecular formula is C15H29NO2. The standard InChI is InChI=1S/C15H29NO2/c1-4-18-14-9-13(15(14,2)3)16-12-7-5-11(10-17)6-8-12/h11-14,16-17H,4-10H2,1-3H3. The lowest BCUT2D eigenvalue weighted by molar-refractivity contribution is -0.117. The molecule has 0 spiro atoms. The molecule has 0 saturated heterocycles. The predicted octanol–water partition coefficient (Wildman–Crippen LogP) is 2.33. The van der Waals surface area contributed by atoms with Gasteiger partial charge in [0.1, 0.15) is 0 Å². The number of rotatable bonds is 5. The van der Waals surface area contributed by atoms with Crippen molar-refractivity contribution >= 4 is 0 Å². The highest BCUT2D eigenvalue weighted by atomic mass is 16.5. The van der Waals surface area contributed by atoms with E-state index in [1.807, 2.05) is 0 Å². The maximum Gasteiger partial charge on any atom is 0.0655 e. The Morgan fingerprint density at radius 3 is 2.39 bits per heavy atom. The smallest absolute Gasteiger partial charge is 0.0655 e. The number of hydrogen-bond acceptors (Lipinski definition) is 3. The zero-order valence-electron chi connectivity index (χ0n) is 12.1. The van der Waals surface area contributed by atoms with E-state index in [2.05, 4.69) is 26.1 Å². The van der Waals surface area contributed by atoms with Crippen molar-refractivity contribution in [1.29, 1.82) is 0 Å². The van der Waals surface area contributed by atoms with E-state index in [-0.39, 0.29) is 5.41 Å². The van der Waals surface area contributed by atoms with Crippen molar-refractivity contribution in [3.05, 3.63) is 0 Å². The van der Waals surface area contributed by atoms with E-state index >= 15 is 0 Å². The van der Waals surface area contributed by atoms with Crippen LogP contribution < -0.4 is 5.32 Å². The van der Waals surface area contributed by atoms with Crippen LogP contribution in [0.4, 0.5) is 0 Å². The van der Waals surface area contributed by atoms with Gasteiger partial charge >= 0.3 is 0 Å². The summed E-state index contributed by atoms with van der Waals surface area (Å²) in [5, 5.41) is 13.0. The van der Waals surface area contributed by atoms with Gasteiger partial charge in [-0.3, -0.25) is 0 Å². The van der Waals surface area contributed by atoms with Gasteiger partial charge in [-0.25, -0.2) is 0 Å². The summed E-state index contributed by atoms with van der Waals surface area (Å²) < 4.78 is 5.77. The van der Waals surface area contributed by atoms with E-state index in [4.69, 9.17) is 9.84 Å². The van der Waals surface area contributed by atoms with Crippen LogP contribution in [-0.2, 0) is 4.74 Å². The highest BCUT2D eigenvalue weighted by Crippen LogP contribution is 2.43. The van der Waals surface area contributed by atoms with E-state index in [0.717, 1.165) is 13.0 Å². The average molecular weight is 255 g/mol. The molecule has 0 aliphatic heterocycles. The van der Waals surface area contributed by atoms with Crippen molar-refractivity contribution in [2.24, 2.45) is 11.3 Å². The molecular weight excluding hydrogens is 226 g/mol. The Hall–Kier alpha value is -0.120. The fourth-order valence-corrected chi connectivity index (χ4v) is 3.45. The molecule has 2 unspecified atom stereocenters. The first kappa shape index (κ1) is 14.3. The summed E-state index contributed by atoms with van der Waals surface area (Å²) in [6.07, 6.45) is 6.37. The third-order valence-electron chi connectivity index (χ3n) is 5.09. The van der Waals surface area contributed by atoms with Gasteiger partial charge in [0.25, 0.3) is 0 Å². The molecule has 2 N–H and O–H groups in total. The zero-order chi connectivity index (χ0) is 13.2. The van der Waals surface area contributed by atoms with Crippen LogP contribution in [0.3, 0.4) is 0 Å². The Morgan fingerprint density at radius 1 is 1.22 bits per heavy atom. The van der Waals surface area contributed by atoms with Crippen molar-refractivity contribution in [2.45, 2.75) is 71.1 Å². The third-order valence-corrected chi connectivity index (χ3v) is 5.09. The summed E-state index contributed by atoms with van der Waals surface area (Å²) in [5.41, 5.74) is 0.268. The molecule has 0 bridgehead atoms. The minimum atomic E-state index is 0.268. The third kappa shape index (κ3) is 2.89. The van der Waals surface area contributed by atoms with Crippen molar-refractivity contribution in [3.63, 3.8) is 0 Å². The van der Waals surface area contributed by atoms with Crippen molar-refractivity contribution < 1.29 is 9.84 Å². The minimum absolute atomic E-state index is 0.268. The van der Waals surface area contributed by atoms with Crippen LogP contribution in [0.25, 0.3) is 0 Å². The number of hydrogen-bond donors (Lipinski definition) is 2. The van der Waals surface area contributed by atoms with Gasteiger partial charge in [0.15, 0.2) is 0 Å². The maximum absolute atomic E-state index is 9.16. The largest absolute Gasteiger partial charge is 0.396 e. The van der Waals surface area contributed by atoms with Gasteiger partial charge in [-0.1, -0.05) is 13.8 Å². The Balaban J connectivity index is 1.75. The average Bonchev–Trinajstić information content (AvgIpc) is 2.38. The molecule has 18 heavy (non-hydrogen) atoms. The Morgan fingerprint density at radius 2 is 1.89 bits per heavy atom. The second-order valence-corrected chi connectivity index (χ2v) is 6.62. The molecule has 106 valence electrons. The summed E-state index contributed by atoms with van der Waals surface area (Å²) in [4.78, 5) is 0. The van der Waals surface area contributed by atoms with Crippen LogP contribution in [0.15, 0.2) is 0 Å². The van der Waals surface area contributed by atoms with Crippen LogP contribution in [0, 0.1) is 11.3 Å². The Kier molecular flexibility index (Phi) is 4.68. The van der Waals surface area contributed by atoms with E-state index in [0.29, 0.717) is 30.7 Å². The quantitative estimate of drug-likeness (QED) is 0.792. The predicted molar refractivity (Wildman–Crippen MR) is 73.6 cm³/mol. The maximum atomic E-state index is 9.16. The van der Waals surface area contributed by atoms with Gasteiger partial charge in [-0.15, -0.1) is 0 Å². The molecule has 0 amide bonds. The molecule has 0 aromatic heterocycles. The molecule has 2 fully saturated rings. The lowest BCUT2D eigenvalue weighted by Gasteiger charge is -2.53. The van der Waals surface area contributed by atoms with Crippen LogP contribution >= 0.6 is 0 Å². The van der Waals surface area contributed by atoms with E-state index in [1.165, 1.54) is 25.7 Å².